The van der Waals surface area contributed by atoms with E-state index in [1.54, 1.807) is 0 Å². The number of nitrogens with one attached hydrogen (secondary N) is 1. The zero-order chi connectivity index (χ0) is 22.3. The maximum atomic E-state index is 14.6. The number of carbonyl (C=O) groups excluding carboxylic acids is 1. The molecule has 0 saturated heterocycles. The molecule has 3 rings (SSSR count). The van der Waals surface area contributed by atoms with Crippen molar-refractivity contribution in [3.05, 3.63) is 52.3 Å². The molecule has 0 unspecified atom stereocenters. The van der Waals surface area contributed by atoms with Gasteiger partial charge in [0.05, 0.1) is 4.47 Å². The Balaban J connectivity index is 1.92. The van der Waals surface area contributed by atoms with Gasteiger partial charge in [0.2, 0.25) is 5.82 Å². The van der Waals surface area contributed by atoms with Crippen molar-refractivity contribution < 1.29 is 27.1 Å². The highest BCUT2D eigenvalue weighted by Crippen LogP contribution is 2.42. The summed E-state index contributed by atoms with van der Waals surface area (Å²) < 4.78 is 59.8. The number of aliphatic imine (C=N–C) groups is 1. The van der Waals surface area contributed by atoms with Crippen molar-refractivity contribution in [3.63, 3.8) is 0 Å². The molecule has 2 heterocycles. The monoisotopic (exact) mass is 489 g/mol. The van der Waals surface area contributed by atoms with Gasteiger partial charge >= 0.3 is 6.18 Å². The average Bonchev–Trinajstić information content (AvgIpc) is 2.66. The normalized spacial score (nSPS) is 26.5. The Kier molecular flexibility index (Phi) is 5.69. The molecule has 0 aliphatic carbocycles. The van der Waals surface area contributed by atoms with Crippen molar-refractivity contribution in [2.75, 3.05) is 5.32 Å². The summed E-state index contributed by atoms with van der Waals surface area (Å²) in [5.41, 5.74) is 1.46. The topological polar surface area (TPSA) is 102 Å². The largest absolute Gasteiger partial charge is 0.422 e. The predicted molar refractivity (Wildman–Crippen MR) is 103 cm³/mol. The first-order chi connectivity index (χ1) is 13.9. The molecule has 160 valence electrons. The van der Waals surface area contributed by atoms with Crippen LogP contribution in [-0.4, -0.2) is 40.1 Å². The number of alkyl halides is 3. The number of hydrogen-bond acceptors (Lipinski definition) is 6. The Morgan fingerprint density at radius 3 is 2.47 bits per heavy atom. The van der Waals surface area contributed by atoms with Crippen LogP contribution in [0.3, 0.4) is 0 Å². The number of nitrogens with zero attached hydrogens (tertiary/aromatic N) is 3. The summed E-state index contributed by atoms with van der Waals surface area (Å²) in [7, 11) is 0. The fraction of sp³-hybridized carbons (Fsp3) is 0.333. The SMILES string of the molecule is C[C@]1(C(F)(F)F)C=N[C@](C)(c2cc(NC(=O)c3ncc(Br)cn3)ccc2F)[C@H](N)O1. The van der Waals surface area contributed by atoms with Crippen molar-refractivity contribution in [1.82, 2.24) is 9.97 Å². The van der Waals surface area contributed by atoms with E-state index >= 15 is 0 Å². The molecular weight excluding hydrogens is 474 g/mol. The van der Waals surface area contributed by atoms with E-state index in [0.29, 0.717) is 10.7 Å². The van der Waals surface area contributed by atoms with Crippen molar-refractivity contribution in [2.24, 2.45) is 10.7 Å². The van der Waals surface area contributed by atoms with Gasteiger partial charge in [0.1, 0.15) is 17.6 Å². The fourth-order valence-electron chi connectivity index (χ4n) is 2.71. The van der Waals surface area contributed by atoms with Crippen molar-refractivity contribution in [2.45, 2.75) is 37.4 Å². The highest BCUT2D eigenvalue weighted by molar-refractivity contribution is 9.10. The van der Waals surface area contributed by atoms with Crippen molar-refractivity contribution in [1.29, 1.82) is 0 Å². The zero-order valence-corrected chi connectivity index (χ0v) is 17.3. The number of halogens is 5. The van der Waals surface area contributed by atoms with E-state index in [9.17, 15) is 22.4 Å². The van der Waals surface area contributed by atoms with E-state index in [-0.39, 0.29) is 17.1 Å². The summed E-state index contributed by atoms with van der Waals surface area (Å²) in [5, 5.41) is 2.50. The van der Waals surface area contributed by atoms with Crippen molar-refractivity contribution in [3.8, 4) is 0 Å². The Bertz CT molecular complexity index is 1000. The first-order valence-electron chi connectivity index (χ1n) is 8.51. The van der Waals surface area contributed by atoms with E-state index in [0.717, 1.165) is 13.0 Å². The lowest BCUT2D eigenvalue weighted by Gasteiger charge is -2.42. The zero-order valence-electron chi connectivity index (χ0n) is 15.7. The number of aromatic nitrogens is 2. The van der Waals surface area contributed by atoms with E-state index < -0.39 is 35.3 Å². The second-order valence-corrected chi connectivity index (χ2v) is 7.84. The molecule has 0 saturated carbocycles. The van der Waals surface area contributed by atoms with Gasteiger partial charge in [-0.3, -0.25) is 9.79 Å². The fourth-order valence-corrected chi connectivity index (χ4v) is 2.91. The number of ether oxygens (including phenoxy) is 1. The Labute approximate surface area is 176 Å². The van der Waals surface area contributed by atoms with E-state index in [4.69, 9.17) is 10.5 Å². The molecule has 1 aliphatic heterocycles. The maximum absolute atomic E-state index is 14.6. The molecule has 1 aromatic heterocycles. The Hall–Kier alpha value is -2.44. The third-order valence-corrected chi connectivity index (χ3v) is 5.07. The van der Waals surface area contributed by atoms with Crippen LogP contribution in [0.5, 0.6) is 0 Å². The lowest BCUT2D eigenvalue weighted by Crippen LogP contribution is -2.59. The van der Waals surface area contributed by atoms with Crippen LogP contribution in [-0.2, 0) is 10.3 Å². The quantitative estimate of drug-likeness (QED) is 0.641. The van der Waals surface area contributed by atoms with Gasteiger partial charge in [-0.2, -0.15) is 13.2 Å². The lowest BCUT2D eigenvalue weighted by molar-refractivity contribution is -0.263. The van der Waals surface area contributed by atoms with Crippen LogP contribution >= 0.6 is 15.9 Å². The molecule has 1 aliphatic rings. The Morgan fingerprint density at radius 1 is 1.27 bits per heavy atom. The van der Waals surface area contributed by atoms with E-state index in [1.807, 2.05) is 0 Å². The van der Waals surface area contributed by atoms with Crippen LogP contribution < -0.4 is 11.1 Å². The van der Waals surface area contributed by atoms with Crippen LogP contribution in [0, 0.1) is 5.82 Å². The first kappa shape index (κ1) is 22.2. The molecule has 1 amide bonds. The number of rotatable bonds is 3. The number of nitrogens with two attached hydrogens (primary N) is 1. The molecule has 0 radical (unpaired) electrons. The van der Waals surface area contributed by atoms with Gasteiger partial charge in [0.15, 0.2) is 5.60 Å². The number of hydrogen-bond donors (Lipinski definition) is 2. The van der Waals surface area contributed by atoms with Gasteiger partial charge in [-0.1, -0.05) is 0 Å². The number of benzene rings is 1. The van der Waals surface area contributed by atoms with Crippen LogP contribution in [0.1, 0.15) is 30.0 Å². The molecule has 30 heavy (non-hydrogen) atoms. The minimum atomic E-state index is -4.76. The predicted octanol–water partition coefficient (Wildman–Crippen LogP) is 3.55. The average molecular weight is 490 g/mol. The lowest BCUT2D eigenvalue weighted by atomic mass is 9.87. The third-order valence-electron chi connectivity index (χ3n) is 4.66. The molecule has 3 N–H and O–H groups in total. The van der Waals surface area contributed by atoms with E-state index in [1.165, 1.54) is 31.5 Å². The summed E-state index contributed by atoms with van der Waals surface area (Å²) in [4.78, 5) is 23.9. The summed E-state index contributed by atoms with van der Waals surface area (Å²) in [5.74, 6) is -1.57. The maximum Gasteiger partial charge on any atom is 0.422 e. The molecule has 2 aromatic rings. The highest BCUT2D eigenvalue weighted by Gasteiger charge is 2.57. The summed E-state index contributed by atoms with van der Waals surface area (Å²) >= 11 is 3.15. The molecule has 0 bridgehead atoms. The van der Waals surface area contributed by atoms with Crippen LogP contribution in [0.4, 0.5) is 23.2 Å². The van der Waals surface area contributed by atoms with Gasteiger partial charge in [-0.15, -0.1) is 0 Å². The first-order valence-corrected chi connectivity index (χ1v) is 9.30. The van der Waals surface area contributed by atoms with Crippen LogP contribution in [0.15, 0.2) is 40.1 Å². The summed E-state index contributed by atoms with van der Waals surface area (Å²) in [6.07, 6.45) is -3.04. The standard InChI is InChI=1S/C18H16BrF4N5O2/c1-16(18(21,22)23)8-27-17(2,15(24)30-16)11-5-10(3-4-12(11)20)28-14(29)13-25-6-9(19)7-26-13/h3-8,15H,24H2,1-2H3,(H,28,29)/t15-,16-,17-/m1/s1. The second-order valence-electron chi connectivity index (χ2n) is 6.92. The van der Waals surface area contributed by atoms with Gasteiger partial charge < -0.3 is 15.8 Å². The smallest absolute Gasteiger partial charge is 0.339 e. The highest BCUT2D eigenvalue weighted by atomic mass is 79.9. The molecule has 12 heteroatoms. The van der Waals surface area contributed by atoms with Gasteiger partial charge in [0.25, 0.3) is 5.91 Å². The number of carbonyl (C=O) groups is 1. The number of anilines is 1. The molecule has 3 atom stereocenters. The van der Waals surface area contributed by atoms with Crippen LogP contribution in [0.2, 0.25) is 0 Å². The summed E-state index contributed by atoms with van der Waals surface area (Å²) in [6, 6.07) is 3.54. The third kappa shape index (κ3) is 4.07. The second kappa shape index (κ2) is 7.67. The summed E-state index contributed by atoms with van der Waals surface area (Å²) in [6.45, 7) is 2.12. The van der Waals surface area contributed by atoms with Gasteiger partial charge in [-0.25, -0.2) is 14.4 Å². The number of amides is 1. The molecule has 0 spiro atoms. The van der Waals surface area contributed by atoms with Gasteiger partial charge in [0, 0.05) is 29.9 Å². The van der Waals surface area contributed by atoms with Crippen LogP contribution in [0.25, 0.3) is 0 Å². The minimum Gasteiger partial charge on any atom is -0.339 e. The molecule has 1 aromatic carbocycles. The van der Waals surface area contributed by atoms with Gasteiger partial charge in [-0.05, 0) is 48.0 Å². The van der Waals surface area contributed by atoms with E-state index in [2.05, 4.69) is 36.2 Å². The Morgan fingerprint density at radius 2 is 1.90 bits per heavy atom. The molecular formula is C18H16BrF4N5O2. The molecule has 7 nitrogen and oxygen atoms in total. The molecule has 0 fully saturated rings. The van der Waals surface area contributed by atoms with Crippen molar-refractivity contribution >= 4 is 33.7 Å². The minimum absolute atomic E-state index is 0.132.